The maximum atomic E-state index is 13.7. The van der Waals surface area contributed by atoms with Crippen molar-refractivity contribution in [3.8, 4) is 5.75 Å². The Balaban J connectivity index is 1.59. The number of nitro groups is 1. The molecule has 2 amide bonds. The minimum absolute atomic E-state index is 0.0910. The Morgan fingerprint density at radius 2 is 1.78 bits per heavy atom. The van der Waals surface area contributed by atoms with Crippen LogP contribution in [-0.4, -0.2) is 29.9 Å². The largest absolute Gasteiger partial charge is 0.496 e. The topological polar surface area (TPSA) is 111 Å². The van der Waals surface area contributed by atoms with Gasteiger partial charge in [0, 0.05) is 29.3 Å². The van der Waals surface area contributed by atoms with Gasteiger partial charge in [-0.25, -0.2) is 4.39 Å². The van der Waals surface area contributed by atoms with E-state index in [0.29, 0.717) is 37.1 Å². The normalized spacial score (nSPS) is 18.0. The number of aryl methyl sites for hydroxylation is 2. The van der Waals surface area contributed by atoms with Gasteiger partial charge in [0.1, 0.15) is 17.1 Å². The Bertz CT molecular complexity index is 1050. The third-order valence-corrected chi connectivity index (χ3v) is 5.80. The summed E-state index contributed by atoms with van der Waals surface area (Å²) in [5, 5.41) is 17.0. The number of hydrogen-bond donors (Lipinski definition) is 2. The van der Waals surface area contributed by atoms with E-state index in [1.54, 1.807) is 13.2 Å². The molecule has 170 valence electrons. The molecule has 3 rings (SSSR count). The average molecular weight is 443 g/mol. The van der Waals surface area contributed by atoms with Crippen LogP contribution >= 0.6 is 0 Å². The number of halogens is 1. The monoisotopic (exact) mass is 443 g/mol. The lowest BCUT2D eigenvalue weighted by molar-refractivity contribution is -0.385. The summed E-state index contributed by atoms with van der Waals surface area (Å²) in [5.41, 5.74) is 1.02. The van der Waals surface area contributed by atoms with Gasteiger partial charge in [-0.05, 0) is 63.3 Å². The third kappa shape index (κ3) is 5.22. The highest BCUT2D eigenvalue weighted by Crippen LogP contribution is 2.29. The van der Waals surface area contributed by atoms with E-state index in [-0.39, 0.29) is 29.0 Å². The van der Waals surface area contributed by atoms with Crippen molar-refractivity contribution in [2.45, 2.75) is 45.6 Å². The van der Waals surface area contributed by atoms with Crippen LogP contribution in [0.25, 0.3) is 0 Å². The first kappa shape index (κ1) is 23.2. The van der Waals surface area contributed by atoms with E-state index < -0.39 is 22.3 Å². The number of hydrogen-bond acceptors (Lipinski definition) is 5. The van der Waals surface area contributed by atoms with Crippen molar-refractivity contribution in [2.24, 2.45) is 5.92 Å². The standard InChI is InChI=1S/C23H26FN3O5/c1-13-4-7-18(12-20(13)32-3)26-22(28)15-5-8-17(9-6-15)25-23(29)19-11-16(24)10-14(2)21(19)27(30)31/h4,7,10-12,15,17H,5-6,8-9H2,1-3H3,(H,25,29)(H,26,28). The highest BCUT2D eigenvalue weighted by atomic mass is 19.1. The number of amides is 2. The summed E-state index contributed by atoms with van der Waals surface area (Å²) in [6.07, 6.45) is 2.21. The molecule has 1 aliphatic rings. The van der Waals surface area contributed by atoms with Gasteiger partial charge in [0.05, 0.1) is 12.0 Å². The van der Waals surface area contributed by atoms with Crippen molar-refractivity contribution in [2.75, 3.05) is 12.4 Å². The lowest BCUT2D eigenvalue weighted by Gasteiger charge is -2.28. The summed E-state index contributed by atoms with van der Waals surface area (Å²) in [6.45, 7) is 3.31. The number of nitrogens with zero attached hydrogens (tertiary/aromatic N) is 1. The number of ether oxygens (including phenoxy) is 1. The van der Waals surface area contributed by atoms with E-state index in [1.165, 1.54) is 6.92 Å². The minimum atomic E-state index is -0.702. The third-order valence-electron chi connectivity index (χ3n) is 5.80. The van der Waals surface area contributed by atoms with Crippen molar-refractivity contribution < 1.29 is 23.6 Å². The molecule has 0 aromatic heterocycles. The van der Waals surface area contributed by atoms with Gasteiger partial charge >= 0.3 is 0 Å². The first-order valence-electron chi connectivity index (χ1n) is 10.4. The first-order valence-corrected chi connectivity index (χ1v) is 10.4. The second-order valence-electron chi connectivity index (χ2n) is 8.07. The number of anilines is 1. The average Bonchev–Trinajstić information content (AvgIpc) is 2.74. The molecule has 0 saturated heterocycles. The predicted molar refractivity (Wildman–Crippen MR) is 117 cm³/mol. The second kappa shape index (κ2) is 9.76. The molecule has 1 saturated carbocycles. The van der Waals surface area contributed by atoms with Crippen LogP contribution in [0.4, 0.5) is 15.8 Å². The number of methoxy groups -OCH3 is 1. The Labute approximate surface area is 185 Å². The molecule has 0 spiro atoms. The molecule has 2 aromatic carbocycles. The molecule has 0 heterocycles. The van der Waals surface area contributed by atoms with Gasteiger partial charge < -0.3 is 15.4 Å². The maximum Gasteiger partial charge on any atom is 0.285 e. The van der Waals surface area contributed by atoms with Crippen LogP contribution in [0.1, 0.15) is 47.2 Å². The zero-order valence-electron chi connectivity index (χ0n) is 18.2. The van der Waals surface area contributed by atoms with Crippen LogP contribution in [0.2, 0.25) is 0 Å². The maximum absolute atomic E-state index is 13.7. The summed E-state index contributed by atoms with van der Waals surface area (Å²) >= 11 is 0. The van der Waals surface area contributed by atoms with E-state index in [2.05, 4.69) is 10.6 Å². The van der Waals surface area contributed by atoms with E-state index in [1.807, 2.05) is 19.1 Å². The molecule has 0 aliphatic heterocycles. The first-order chi connectivity index (χ1) is 15.2. The van der Waals surface area contributed by atoms with E-state index in [9.17, 15) is 24.1 Å². The highest BCUT2D eigenvalue weighted by molar-refractivity contribution is 5.99. The molecule has 8 nitrogen and oxygen atoms in total. The minimum Gasteiger partial charge on any atom is -0.496 e. The molecule has 0 bridgehead atoms. The number of nitro benzene ring substituents is 1. The van der Waals surface area contributed by atoms with Gasteiger partial charge in [0.25, 0.3) is 11.6 Å². The van der Waals surface area contributed by atoms with Crippen LogP contribution < -0.4 is 15.4 Å². The van der Waals surface area contributed by atoms with Crippen LogP contribution in [0.3, 0.4) is 0 Å². The Morgan fingerprint density at radius 3 is 2.41 bits per heavy atom. The predicted octanol–water partition coefficient (Wildman–Crippen LogP) is 4.29. The van der Waals surface area contributed by atoms with Crippen LogP contribution in [0.5, 0.6) is 5.75 Å². The summed E-state index contributed by atoms with van der Waals surface area (Å²) in [5.74, 6) is -1.00. The molecule has 2 aromatic rings. The number of carbonyl (C=O) groups excluding carboxylic acids is 2. The molecule has 2 N–H and O–H groups in total. The number of carbonyl (C=O) groups is 2. The molecule has 1 aliphatic carbocycles. The lowest BCUT2D eigenvalue weighted by atomic mass is 9.85. The van der Waals surface area contributed by atoms with Gasteiger partial charge in [0.2, 0.25) is 5.91 Å². The summed E-state index contributed by atoms with van der Waals surface area (Å²) in [6, 6.07) is 7.13. The molecule has 32 heavy (non-hydrogen) atoms. The van der Waals surface area contributed by atoms with Crippen LogP contribution in [-0.2, 0) is 4.79 Å². The molecular weight excluding hydrogens is 417 g/mol. The lowest BCUT2D eigenvalue weighted by Crippen LogP contribution is -2.39. The van der Waals surface area contributed by atoms with Gasteiger partial charge in [0.15, 0.2) is 0 Å². The number of benzene rings is 2. The summed E-state index contributed by atoms with van der Waals surface area (Å²) in [7, 11) is 1.57. The molecule has 1 fully saturated rings. The van der Waals surface area contributed by atoms with Crippen molar-refractivity contribution in [1.29, 1.82) is 0 Å². The van der Waals surface area contributed by atoms with E-state index in [4.69, 9.17) is 4.74 Å². The van der Waals surface area contributed by atoms with Crippen molar-refractivity contribution in [1.82, 2.24) is 5.32 Å². The van der Waals surface area contributed by atoms with Gasteiger partial charge in [-0.3, -0.25) is 19.7 Å². The molecule has 0 unspecified atom stereocenters. The van der Waals surface area contributed by atoms with Gasteiger partial charge in [-0.1, -0.05) is 6.07 Å². The number of nitrogens with one attached hydrogen (secondary N) is 2. The Morgan fingerprint density at radius 1 is 1.09 bits per heavy atom. The zero-order valence-corrected chi connectivity index (χ0v) is 18.2. The van der Waals surface area contributed by atoms with Crippen LogP contribution in [0.15, 0.2) is 30.3 Å². The van der Waals surface area contributed by atoms with Crippen LogP contribution in [0, 0.1) is 35.7 Å². The van der Waals surface area contributed by atoms with E-state index in [0.717, 1.165) is 17.7 Å². The smallest absolute Gasteiger partial charge is 0.285 e. The molecule has 0 radical (unpaired) electrons. The highest BCUT2D eigenvalue weighted by Gasteiger charge is 2.30. The van der Waals surface area contributed by atoms with Crippen molar-refractivity contribution in [3.05, 3.63) is 63.0 Å². The number of rotatable bonds is 6. The Kier molecular flexibility index (Phi) is 7.07. The fraction of sp³-hybridized carbons (Fsp3) is 0.391. The van der Waals surface area contributed by atoms with Gasteiger partial charge in [-0.15, -0.1) is 0 Å². The fourth-order valence-corrected chi connectivity index (χ4v) is 4.06. The van der Waals surface area contributed by atoms with Crippen molar-refractivity contribution >= 4 is 23.2 Å². The van der Waals surface area contributed by atoms with Crippen molar-refractivity contribution in [3.63, 3.8) is 0 Å². The zero-order chi connectivity index (χ0) is 23.4. The molecular formula is C23H26FN3O5. The summed E-state index contributed by atoms with van der Waals surface area (Å²) in [4.78, 5) is 35.9. The quantitative estimate of drug-likeness (QED) is 0.511. The second-order valence-corrected chi connectivity index (χ2v) is 8.07. The fourth-order valence-electron chi connectivity index (χ4n) is 4.06. The molecule has 9 heteroatoms. The van der Waals surface area contributed by atoms with Gasteiger partial charge in [-0.2, -0.15) is 0 Å². The molecule has 0 atom stereocenters. The van der Waals surface area contributed by atoms with E-state index >= 15 is 0 Å². The Hall–Kier alpha value is -3.49. The summed E-state index contributed by atoms with van der Waals surface area (Å²) < 4.78 is 19.0. The SMILES string of the molecule is COc1cc(NC(=O)C2CCC(NC(=O)c3cc(F)cc(C)c3[N+](=O)[O-])CC2)ccc1C.